The van der Waals surface area contributed by atoms with Gasteiger partial charge in [0.05, 0.1) is 5.75 Å². The lowest BCUT2D eigenvalue weighted by Crippen LogP contribution is -2.29. The lowest BCUT2D eigenvalue weighted by Gasteiger charge is -2.15. The second-order valence-electron chi connectivity index (χ2n) is 3.68. The molecule has 5 heteroatoms. The summed E-state index contributed by atoms with van der Waals surface area (Å²) in [6, 6.07) is 6.93. The minimum Gasteiger partial charge on any atom is -0.212 e. The molecule has 1 aromatic carbocycles. The second kappa shape index (κ2) is 5.66. The normalized spacial score (nSPS) is 13.7. The minimum absolute atomic E-state index is 0.141. The summed E-state index contributed by atoms with van der Waals surface area (Å²) >= 11 is 5.99. The van der Waals surface area contributed by atoms with Crippen molar-refractivity contribution < 1.29 is 8.42 Å². The monoisotopic (exact) mass is 261 g/mol. The molecule has 0 fully saturated rings. The molecule has 0 radical (unpaired) electrons. The van der Waals surface area contributed by atoms with E-state index in [-0.39, 0.29) is 11.8 Å². The first-order valence-electron chi connectivity index (χ1n) is 5.20. The van der Waals surface area contributed by atoms with Gasteiger partial charge in [-0.05, 0) is 25.0 Å². The van der Waals surface area contributed by atoms with Gasteiger partial charge in [0.1, 0.15) is 0 Å². The highest BCUT2D eigenvalue weighted by molar-refractivity contribution is 7.89. The van der Waals surface area contributed by atoms with Gasteiger partial charge in [0.2, 0.25) is 10.0 Å². The average Bonchev–Trinajstić information content (AvgIpc) is 2.17. The Balaban J connectivity index is 2.81. The van der Waals surface area contributed by atoms with Crippen molar-refractivity contribution in [1.29, 1.82) is 0 Å². The molecule has 1 N–H and O–H groups in total. The number of hydrogen-bond acceptors (Lipinski definition) is 2. The standard InChI is InChI=1S/C11H16ClNO2S/c1-3-8-16(14,15)13-9(2)10-6-4-5-7-11(10)12/h4-7,9,13H,3,8H2,1-2H3. The van der Waals surface area contributed by atoms with Gasteiger partial charge in [0.25, 0.3) is 0 Å². The quantitative estimate of drug-likeness (QED) is 0.886. The van der Waals surface area contributed by atoms with Crippen molar-refractivity contribution in [1.82, 2.24) is 4.72 Å². The van der Waals surface area contributed by atoms with E-state index in [0.29, 0.717) is 11.4 Å². The molecule has 0 aliphatic heterocycles. The maximum absolute atomic E-state index is 11.6. The van der Waals surface area contributed by atoms with Crippen molar-refractivity contribution in [3.8, 4) is 0 Å². The summed E-state index contributed by atoms with van der Waals surface area (Å²) in [7, 11) is -3.20. The molecule has 0 spiro atoms. The molecule has 90 valence electrons. The van der Waals surface area contributed by atoms with Crippen LogP contribution in [0.1, 0.15) is 31.9 Å². The van der Waals surface area contributed by atoms with Crippen LogP contribution in [0.5, 0.6) is 0 Å². The summed E-state index contributed by atoms with van der Waals surface area (Å²) in [6.45, 7) is 3.62. The number of halogens is 1. The maximum atomic E-state index is 11.6. The maximum Gasteiger partial charge on any atom is 0.212 e. The van der Waals surface area contributed by atoms with Gasteiger partial charge in [0.15, 0.2) is 0 Å². The van der Waals surface area contributed by atoms with Crippen LogP contribution >= 0.6 is 11.6 Å². The van der Waals surface area contributed by atoms with Crippen LogP contribution in [0.15, 0.2) is 24.3 Å². The molecule has 0 heterocycles. The van der Waals surface area contributed by atoms with Crippen LogP contribution < -0.4 is 4.72 Å². The van der Waals surface area contributed by atoms with Crippen LogP contribution in [0.4, 0.5) is 0 Å². The van der Waals surface area contributed by atoms with E-state index in [1.165, 1.54) is 0 Å². The third-order valence-electron chi connectivity index (χ3n) is 2.20. The first-order valence-corrected chi connectivity index (χ1v) is 7.23. The van der Waals surface area contributed by atoms with E-state index in [2.05, 4.69) is 4.72 Å². The Morgan fingerprint density at radius 1 is 1.38 bits per heavy atom. The number of rotatable bonds is 5. The Hall–Kier alpha value is -0.580. The average molecular weight is 262 g/mol. The summed E-state index contributed by atoms with van der Waals surface area (Å²) < 4.78 is 25.7. The van der Waals surface area contributed by atoms with E-state index in [4.69, 9.17) is 11.6 Å². The Morgan fingerprint density at radius 3 is 2.56 bits per heavy atom. The molecular formula is C11H16ClNO2S. The molecule has 0 aromatic heterocycles. The Labute approximate surface area is 102 Å². The van der Waals surface area contributed by atoms with Crippen molar-refractivity contribution in [3.63, 3.8) is 0 Å². The van der Waals surface area contributed by atoms with Crippen LogP contribution in [0.2, 0.25) is 5.02 Å². The summed E-state index contributed by atoms with van der Waals surface area (Å²) in [4.78, 5) is 0. The fourth-order valence-electron chi connectivity index (χ4n) is 1.49. The molecule has 1 unspecified atom stereocenters. The van der Waals surface area contributed by atoms with Crippen molar-refractivity contribution in [2.24, 2.45) is 0 Å². The van der Waals surface area contributed by atoms with Crippen molar-refractivity contribution >= 4 is 21.6 Å². The van der Waals surface area contributed by atoms with Crippen LogP contribution in [0.25, 0.3) is 0 Å². The van der Waals surface area contributed by atoms with Crippen LogP contribution in [-0.2, 0) is 10.0 Å². The zero-order valence-corrected chi connectivity index (χ0v) is 11.0. The summed E-state index contributed by atoms with van der Waals surface area (Å²) in [5.41, 5.74) is 0.795. The predicted octanol–water partition coefficient (Wildman–Crippen LogP) is 2.73. The number of sulfonamides is 1. The van der Waals surface area contributed by atoms with E-state index < -0.39 is 10.0 Å². The van der Waals surface area contributed by atoms with E-state index in [1.54, 1.807) is 13.0 Å². The van der Waals surface area contributed by atoms with E-state index >= 15 is 0 Å². The van der Waals surface area contributed by atoms with Crippen LogP contribution in [0.3, 0.4) is 0 Å². The number of nitrogens with one attached hydrogen (secondary N) is 1. The molecule has 3 nitrogen and oxygen atoms in total. The number of hydrogen-bond donors (Lipinski definition) is 1. The lowest BCUT2D eigenvalue weighted by atomic mass is 10.1. The Kier molecular flexibility index (Phi) is 4.77. The van der Waals surface area contributed by atoms with Gasteiger partial charge >= 0.3 is 0 Å². The van der Waals surface area contributed by atoms with Crippen molar-refractivity contribution in [2.75, 3.05) is 5.75 Å². The van der Waals surface area contributed by atoms with Gasteiger partial charge < -0.3 is 0 Å². The van der Waals surface area contributed by atoms with E-state index in [1.807, 2.05) is 25.1 Å². The topological polar surface area (TPSA) is 46.2 Å². The first kappa shape index (κ1) is 13.5. The van der Waals surface area contributed by atoms with Gasteiger partial charge in [-0.2, -0.15) is 0 Å². The number of benzene rings is 1. The summed E-state index contributed by atoms with van der Waals surface area (Å²) in [5.74, 6) is 0.141. The fourth-order valence-corrected chi connectivity index (χ4v) is 3.11. The molecule has 0 aliphatic rings. The Morgan fingerprint density at radius 2 is 2.00 bits per heavy atom. The highest BCUT2D eigenvalue weighted by Crippen LogP contribution is 2.22. The zero-order chi connectivity index (χ0) is 12.2. The van der Waals surface area contributed by atoms with Crippen molar-refractivity contribution in [3.05, 3.63) is 34.9 Å². The first-order chi connectivity index (χ1) is 7.46. The highest BCUT2D eigenvalue weighted by atomic mass is 35.5. The molecule has 1 aromatic rings. The molecule has 0 saturated carbocycles. The van der Waals surface area contributed by atoms with Crippen molar-refractivity contribution in [2.45, 2.75) is 26.3 Å². The molecule has 0 bridgehead atoms. The van der Waals surface area contributed by atoms with E-state index in [0.717, 1.165) is 5.56 Å². The van der Waals surface area contributed by atoms with Crippen LogP contribution in [-0.4, -0.2) is 14.2 Å². The third-order valence-corrected chi connectivity index (χ3v) is 4.20. The SMILES string of the molecule is CCCS(=O)(=O)NC(C)c1ccccc1Cl. The van der Waals surface area contributed by atoms with Gasteiger partial charge in [-0.3, -0.25) is 0 Å². The molecule has 0 saturated heterocycles. The lowest BCUT2D eigenvalue weighted by molar-refractivity contribution is 0.565. The largest absolute Gasteiger partial charge is 0.212 e. The highest BCUT2D eigenvalue weighted by Gasteiger charge is 2.16. The van der Waals surface area contributed by atoms with Gasteiger partial charge in [-0.1, -0.05) is 36.7 Å². The molecule has 16 heavy (non-hydrogen) atoms. The summed E-state index contributed by atoms with van der Waals surface area (Å²) in [5, 5.41) is 0.578. The molecule has 0 amide bonds. The summed E-state index contributed by atoms with van der Waals surface area (Å²) in [6.07, 6.45) is 0.602. The Bertz CT molecular complexity index is 445. The zero-order valence-electron chi connectivity index (χ0n) is 9.40. The smallest absolute Gasteiger partial charge is 0.212 e. The molecule has 1 atom stereocenters. The van der Waals surface area contributed by atoms with Gasteiger partial charge in [-0.15, -0.1) is 0 Å². The fraction of sp³-hybridized carbons (Fsp3) is 0.455. The molecular weight excluding hydrogens is 246 g/mol. The van der Waals surface area contributed by atoms with Gasteiger partial charge in [0, 0.05) is 11.1 Å². The van der Waals surface area contributed by atoms with E-state index in [9.17, 15) is 8.42 Å². The molecule has 0 aliphatic carbocycles. The predicted molar refractivity (Wildman–Crippen MR) is 67.1 cm³/mol. The third kappa shape index (κ3) is 3.77. The van der Waals surface area contributed by atoms with Crippen LogP contribution in [0, 0.1) is 0 Å². The second-order valence-corrected chi connectivity index (χ2v) is 5.96. The molecule has 1 rings (SSSR count). The van der Waals surface area contributed by atoms with Gasteiger partial charge in [-0.25, -0.2) is 13.1 Å². The minimum atomic E-state index is -3.20.